The first-order chi connectivity index (χ1) is 8.68. The molecule has 0 bridgehead atoms. The van der Waals surface area contributed by atoms with Gasteiger partial charge in [-0.1, -0.05) is 39.2 Å². The molecule has 18 heavy (non-hydrogen) atoms. The average Bonchev–Trinajstić information content (AvgIpc) is 2.35. The number of rotatable bonds is 10. The molecule has 0 unspecified atom stereocenters. The fourth-order valence-electron chi connectivity index (χ4n) is 1.63. The van der Waals surface area contributed by atoms with Crippen molar-refractivity contribution in [3.8, 4) is 11.8 Å². The first-order valence-electron chi connectivity index (χ1n) is 7.05. The Labute approximate surface area is 111 Å². The van der Waals surface area contributed by atoms with E-state index in [-0.39, 0.29) is 0 Å². The van der Waals surface area contributed by atoms with Gasteiger partial charge in [0, 0.05) is 18.4 Å². The Kier molecular flexibility index (Phi) is 11.4. The van der Waals surface area contributed by atoms with Crippen LogP contribution < -0.4 is 0 Å². The van der Waals surface area contributed by atoms with Crippen LogP contribution in [0.25, 0.3) is 0 Å². The van der Waals surface area contributed by atoms with Crippen molar-refractivity contribution in [2.45, 2.75) is 71.1 Å². The zero-order chi connectivity index (χ0) is 13.6. The second-order valence-electron chi connectivity index (χ2n) is 4.63. The summed E-state index contributed by atoms with van der Waals surface area (Å²) in [6.45, 7) is 5.70. The molecule has 2 heteroatoms. The van der Waals surface area contributed by atoms with Gasteiger partial charge in [-0.15, -0.1) is 11.8 Å². The van der Waals surface area contributed by atoms with Crippen LogP contribution in [-0.4, -0.2) is 11.1 Å². The normalized spacial score (nSPS) is 9.61. The minimum absolute atomic E-state index is 0.330. The molecule has 0 aromatic heterocycles. The highest BCUT2D eigenvalue weighted by atomic mass is 16.4. The summed E-state index contributed by atoms with van der Waals surface area (Å²) in [6.07, 6.45) is 10.6. The van der Waals surface area contributed by atoms with Gasteiger partial charge >= 0.3 is 5.97 Å². The lowest BCUT2D eigenvalue weighted by molar-refractivity contribution is -0.132. The molecule has 0 radical (unpaired) electrons. The van der Waals surface area contributed by atoms with Gasteiger partial charge in [-0.25, -0.2) is 4.79 Å². The molecule has 0 saturated heterocycles. The molecule has 1 N–H and O–H groups in total. The van der Waals surface area contributed by atoms with Gasteiger partial charge in [-0.2, -0.15) is 0 Å². The van der Waals surface area contributed by atoms with E-state index in [1.807, 2.05) is 0 Å². The van der Waals surface area contributed by atoms with Crippen LogP contribution in [0.1, 0.15) is 71.1 Å². The van der Waals surface area contributed by atoms with Crippen molar-refractivity contribution in [3.63, 3.8) is 0 Å². The summed E-state index contributed by atoms with van der Waals surface area (Å²) in [5.41, 5.74) is 0.330. The predicted octanol–water partition coefficient (Wildman–Crippen LogP) is 4.55. The van der Waals surface area contributed by atoms with Gasteiger partial charge in [0.1, 0.15) is 0 Å². The first-order valence-corrected chi connectivity index (χ1v) is 7.05. The van der Waals surface area contributed by atoms with Crippen LogP contribution in [0.15, 0.2) is 12.2 Å². The van der Waals surface area contributed by atoms with Crippen LogP contribution in [0.5, 0.6) is 0 Å². The molecule has 0 spiro atoms. The van der Waals surface area contributed by atoms with E-state index in [1.165, 1.54) is 32.1 Å². The van der Waals surface area contributed by atoms with E-state index in [9.17, 15) is 4.79 Å². The van der Waals surface area contributed by atoms with E-state index < -0.39 is 5.97 Å². The topological polar surface area (TPSA) is 37.3 Å². The van der Waals surface area contributed by atoms with Crippen LogP contribution in [0, 0.1) is 11.8 Å². The molecular weight excluding hydrogens is 224 g/mol. The number of hydrogen-bond donors (Lipinski definition) is 1. The molecular formula is C16H26O2. The molecule has 0 aliphatic heterocycles. The Bertz CT molecular complexity index is 294. The Balaban J connectivity index is 3.23. The predicted molar refractivity (Wildman–Crippen MR) is 76.4 cm³/mol. The van der Waals surface area contributed by atoms with E-state index in [4.69, 9.17) is 5.11 Å². The van der Waals surface area contributed by atoms with E-state index in [0.717, 1.165) is 25.7 Å². The molecule has 0 atom stereocenters. The standard InChI is InChI=1S/C16H26O2/c1-3-4-5-6-7-8-9-10-11-12-13-14-15(2)16(17)18/h2-5,8-14H2,1H3,(H,17,18). The molecule has 2 nitrogen and oxygen atoms in total. The maximum atomic E-state index is 10.5. The molecule has 102 valence electrons. The number of carboxylic acids is 1. The Morgan fingerprint density at radius 1 is 1.00 bits per heavy atom. The number of carbonyl (C=O) groups is 1. The lowest BCUT2D eigenvalue weighted by Crippen LogP contribution is -1.98. The highest BCUT2D eigenvalue weighted by Gasteiger charge is 2.02. The van der Waals surface area contributed by atoms with Gasteiger partial charge in [-0.05, 0) is 25.7 Å². The summed E-state index contributed by atoms with van der Waals surface area (Å²) in [5.74, 6) is 5.53. The molecule has 0 fully saturated rings. The van der Waals surface area contributed by atoms with Crippen molar-refractivity contribution >= 4 is 5.97 Å². The van der Waals surface area contributed by atoms with Crippen LogP contribution in [0.2, 0.25) is 0 Å². The van der Waals surface area contributed by atoms with Gasteiger partial charge in [0.25, 0.3) is 0 Å². The third-order valence-electron chi connectivity index (χ3n) is 2.86. The summed E-state index contributed by atoms with van der Waals surface area (Å²) in [6, 6.07) is 0. The Morgan fingerprint density at radius 2 is 1.56 bits per heavy atom. The van der Waals surface area contributed by atoms with E-state index >= 15 is 0 Å². The fourth-order valence-corrected chi connectivity index (χ4v) is 1.63. The van der Waals surface area contributed by atoms with Crippen molar-refractivity contribution in [2.24, 2.45) is 0 Å². The summed E-state index contributed by atoms with van der Waals surface area (Å²) < 4.78 is 0. The van der Waals surface area contributed by atoms with Crippen molar-refractivity contribution < 1.29 is 9.90 Å². The molecule has 0 aromatic rings. The van der Waals surface area contributed by atoms with Crippen molar-refractivity contribution in [1.29, 1.82) is 0 Å². The first kappa shape index (κ1) is 16.8. The maximum Gasteiger partial charge on any atom is 0.330 e. The van der Waals surface area contributed by atoms with Gasteiger partial charge in [0.15, 0.2) is 0 Å². The minimum atomic E-state index is -0.864. The van der Waals surface area contributed by atoms with Gasteiger partial charge in [-0.3, -0.25) is 0 Å². The number of aliphatic carboxylic acids is 1. The molecule has 0 amide bonds. The summed E-state index contributed by atoms with van der Waals surface area (Å²) in [5, 5.41) is 8.63. The smallest absolute Gasteiger partial charge is 0.330 e. The van der Waals surface area contributed by atoms with Gasteiger partial charge in [0.05, 0.1) is 0 Å². The highest BCUT2D eigenvalue weighted by molar-refractivity contribution is 5.85. The molecule has 0 rings (SSSR count). The van der Waals surface area contributed by atoms with Gasteiger partial charge < -0.3 is 5.11 Å². The number of carboxylic acid groups (broad SMARTS) is 1. The molecule has 0 aliphatic carbocycles. The molecule has 0 heterocycles. The average molecular weight is 250 g/mol. The largest absolute Gasteiger partial charge is 0.478 e. The summed E-state index contributed by atoms with van der Waals surface area (Å²) in [7, 11) is 0. The lowest BCUT2D eigenvalue weighted by Gasteiger charge is -2.00. The number of unbranched alkanes of at least 4 members (excludes halogenated alkanes) is 7. The van der Waals surface area contributed by atoms with Gasteiger partial charge in [0.2, 0.25) is 0 Å². The molecule has 0 aliphatic rings. The molecule has 0 aromatic carbocycles. The van der Waals surface area contributed by atoms with E-state index in [2.05, 4.69) is 25.3 Å². The zero-order valence-corrected chi connectivity index (χ0v) is 11.6. The fraction of sp³-hybridized carbons (Fsp3) is 0.688. The van der Waals surface area contributed by atoms with Crippen LogP contribution in [0.4, 0.5) is 0 Å². The van der Waals surface area contributed by atoms with Crippen molar-refractivity contribution in [1.82, 2.24) is 0 Å². The second-order valence-corrected chi connectivity index (χ2v) is 4.63. The monoisotopic (exact) mass is 250 g/mol. The van der Waals surface area contributed by atoms with Crippen LogP contribution in [-0.2, 0) is 4.79 Å². The molecule has 0 saturated carbocycles. The second kappa shape index (κ2) is 12.2. The van der Waals surface area contributed by atoms with Crippen LogP contribution >= 0.6 is 0 Å². The van der Waals surface area contributed by atoms with E-state index in [1.54, 1.807) is 0 Å². The SMILES string of the molecule is C=C(CCCCCCCC#CCCCC)C(=O)O. The maximum absolute atomic E-state index is 10.5. The summed E-state index contributed by atoms with van der Waals surface area (Å²) in [4.78, 5) is 10.5. The third kappa shape index (κ3) is 11.3. The lowest BCUT2D eigenvalue weighted by atomic mass is 10.1. The minimum Gasteiger partial charge on any atom is -0.478 e. The van der Waals surface area contributed by atoms with Crippen molar-refractivity contribution in [2.75, 3.05) is 0 Å². The highest BCUT2D eigenvalue weighted by Crippen LogP contribution is 2.10. The summed E-state index contributed by atoms with van der Waals surface area (Å²) >= 11 is 0. The van der Waals surface area contributed by atoms with Crippen molar-refractivity contribution in [3.05, 3.63) is 12.2 Å². The zero-order valence-electron chi connectivity index (χ0n) is 11.6. The van der Waals surface area contributed by atoms with Crippen LogP contribution in [0.3, 0.4) is 0 Å². The quantitative estimate of drug-likeness (QED) is 0.351. The number of hydrogen-bond acceptors (Lipinski definition) is 1. The van der Waals surface area contributed by atoms with E-state index in [0.29, 0.717) is 12.0 Å². The Hall–Kier alpha value is -1.23. The third-order valence-corrected chi connectivity index (χ3v) is 2.86. The Morgan fingerprint density at radius 3 is 2.17 bits per heavy atom.